The number of hydrazone groups is 1. The Bertz CT molecular complexity index is 960. The summed E-state index contributed by atoms with van der Waals surface area (Å²) in [7, 11) is 0. The highest BCUT2D eigenvalue weighted by molar-refractivity contribution is 7.80. The van der Waals surface area contributed by atoms with Crippen molar-refractivity contribution in [3.63, 3.8) is 0 Å². The minimum atomic E-state index is 0.451. The van der Waals surface area contributed by atoms with Gasteiger partial charge in [0.25, 0.3) is 0 Å². The van der Waals surface area contributed by atoms with Gasteiger partial charge in [-0.2, -0.15) is 10.2 Å². The van der Waals surface area contributed by atoms with Crippen molar-refractivity contribution in [2.24, 2.45) is 5.10 Å². The number of hydrogen-bond acceptors (Lipinski definition) is 3. The summed E-state index contributed by atoms with van der Waals surface area (Å²) in [6.45, 7) is 6.80. The van der Waals surface area contributed by atoms with Crippen molar-refractivity contribution in [1.29, 1.82) is 0 Å². The number of rotatable bonds is 5. The Kier molecular flexibility index (Phi) is 5.98. The van der Waals surface area contributed by atoms with E-state index in [2.05, 4.69) is 33.1 Å². The molecular weight excluding hydrogens is 354 g/mol. The van der Waals surface area contributed by atoms with Gasteiger partial charge in [0, 0.05) is 16.9 Å². The van der Waals surface area contributed by atoms with Crippen molar-refractivity contribution < 1.29 is 0 Å². The lowest BCUT2D eigenvalue weighted by Gasteiger charge is -2.09. The van der Waals surface area contributed by atoms with E-state index in [1.165, 1.54) is 5.56 Å². The van der Waals surface area contributed by atoms with E-state index in [0.29, 0.717) is 5.11 Å². The molecule has 0 fully saturated rings. The van der Waals surface area contributed by atoms with E-state index in [1.807, 2.05) is 67.9 Å². The number of anilines is 1. The van der Waals surface area contributed by atoms with Crippen LogP contribution in [0, 0.1) is 20.8 Å². The molecular formula is C21H23N5S. The molecule has 2 N–H and O–H groups in total. The first-order valence-corrected chi connectivity index (χ1v) is 9.19. The third kappa shape index (κ3) is 4.80. The van der Waals surface area contributed by atoms with Crippen LogP contribution in [0.4, 0.5) is 5.69 Å². The molecule has 3 aromatic rings. The zero-order valence-corrected chi connectivity index (χ0v) is 16.5. The molecule has 0 atom stereocenters. The molecule has 27 heavy (non-hydrogen) atoms. The first-order chi connectivity index (χ1) is 13.0. The molecule has 3 rings (SSSR count). The highest BCUT2D eigenvalue weighted by Crippen LogP contribution is 2.14. The summed E-state index contributed by atoms with van der Waals surface area (Å²) in [6.07, 6.45) is 1.77. The largest absolute Gasteiger partial charge is 0.331 e. The van der Waals surface area contributed by atoms with E-state index < -0.39 is 0 Å². The molecule has 0 amide bonds. The fourth-order valence-corrected chi connectivity index (χ4v) is 2.99. The van der Waals surface area contributed by atoms with Crippen LogP contribution in [0.5, 0.6) is 0 Å². The molecule has 0 saturated carbocycles. The molecule has 0 bridgehead atoms. The molecule has 0 saturated heterocycles. The van der Waals surface area contributed by atoms with Crippen LogP contribution in [0.1, 0.15) is 28.1 Å². The normalized spacial score (nSPS) is 10.9. The monoisotopic (exact) mass is 377 g/mol. The molecule has 0 aliphatic carbocycles. The number of aryl methyl sites for hydroxylation is 2. The van der Waals surface area contributed by atoms with E-state index in [9.17, 15) is 0 Å². The first-order valence-electron chi connectivity index (χ1n) is 8.78. The van der Waals surface area contributed by atoms with Gasteiger partial charge in [0.1, 0.15) is 0 Å². The van der Waals surface area contributed by atoms with Gasteiger partial charge in [-0.05, 0) is 50.2 Å². The zero-order chi connectivity index (χ0) is 19.2. The van der Waals surface area contributed by atoms with Crippen LogP contribution in [-0.4, -0.2) is 21.1 Å². The summed E-state index contributed by atoms with van der Waals surface area (Å²) < 4.78 is 2.00. The third-order valence-corrected chi connectivity index (χ3v) is 4.56. The van der Waals surface area contributed by atoms with Gasteiger partial charge in [-0.25, -0.2) is 0 Å². The minimum Gasteiger partial charge on any atom is -0.331 e. The second kappa shape index (κ2) is 8.60. The van der Waals surface area contributed by atoms with Gasteiger partial charge in [-0.15, -0.1) is 0 Å². The lowest BCUT2D eigenvalue weighted by atomic mass is 10.2. The highest BCUT2D eigenvalue weighted by Gasteiger charge is 2.10. The molecule has 6 heteroatoms. The van der Waals surface area contributed by atoms with Gasteiger partial charge in [-0.3, -0.25) is 10.1 Å². The molecule has 1 heterocycles. The van der Waals surface area contributed by atoms with Crippen LogP contribution in [0.3, 0.4) is 0 Å². The Morgan fingerprint density at radius 2 is 1.78 bits per heavy atom. The van der Waals surface area contributed by atoms with Crippen LogP contribution < -0.4 is 10.7 Å². The van der Waals surface area contributed by atoms with Gasteiger partial charge in [0.05, 0.1) is 18.5 Å². The van der Waals surface area contributed by atoms with Crippen molar-refractivity contribution >= 4 is 29.2 Å². The average molecular weight is 378 g/mol. The molecule has 2 aromatic carbocycles. The minimum absolute atomic E-state index is 0.451. The predicted molar refractivity (Wildman–Crippen MR) is 115 cm³/mol. The summed E-state index contributed by atoms with van der Waals surface area (Å²) in [4.78, 5) is 0. The molecule has 0 radical (unpaired) electrons. The van der Waals surface area contributed by atoms with Gasteiger partial charge in [0.15, 0.2) is 5.11 Å². The Labute approximate surface area is 165 Å². The lowest BCUT2D eigenvalue weighted by molar-refractivity contribution is 0.659. The van der Waals surface area contributed by atoms with Crippen LogP contribution >= 0.6 is 12.2 Å². The average Bonchev–Trinajstić information content (AvgIpc) is 2.92. The lowest BCUT2D eigenvalue weighted by Crippen LogP contribution is -2.24. The molecule has 0 aliphatic heterocycles. The van der Waals surface area contributed by atoms with Crippen LogP contribution in [0.15, 0.2) is 59.7 Å². The van der Waals surface area contributed by atoms with Gasteiger partial charge < -0.3 is 5.32 Å². The van der Waals surface area contributed by atoms with Gasteiger partial charge >= 0.3 is 0 Å². The summed E-state index contributed by atoms with van der Waals surface area (Å²) in [5.74, 6) is 0. The Balaban J connectivity index is 1.65. The Morgan fingerprint density at radius 3 is 2.52 bits per heavy atom. The van der Waals surface area contributed by atoms with Crippen molar-refractivity contribution in [2.75, 3.05) is 5.32 Å². The number of nitrogens with zero attached hydrogens (tertiary/aromatic N) is 3. The smallest absolute Gasteiger partial charge is 0.191 e. The summed E-state index contributed by atoms with van der Waals surface area (Å²) >= 11 is 5.31. The molecule has 0 aliphatic rings. The summed E-state index contributed by atoms with van der Waals surface area (Å²) in [5, 5.41) is 12.5. The summed E-state index contributed by atoms with van der Waals surface area (Å²) in [5.41, 5.74) is 9.18. The van der Waals surface area contributed by atoms with Gasteiger partial charge in [-0.1, -0.05) is 48.5 Å². The standard InChI is InChI=1S/C21H23N5S/c1-15-9-7-8-12-20(15)23-21(27)24-22-13-19-16(2)25-26(17(19)3)14-18-10-5-4-6-11-18/h4-13H,14H2,1-3H3,(H2,23,24,27)/b22-13-. The first kappa shape index (κ1) is 18.8. The fourth-order valence-electron chi connectivity index (χ4n) is 2.83. The van der Waals surface area contributed by atoms with E-state index >= 15 is 0 Å². The summed E-state index contributed by atoms with van der Waals surface area (Å²) in [6, 6.07) is 18.3. The SMILES string of the molecule is Cc1ccccc1NC(=S)N/N=C\c1c(C)nn(Cc2ccccc2)c1C. The number of benzene rings is 2. The van der Waals surface area contributed by atoms with E-state index in [-0.39, 0.29) is 0 Å². The van der Waals surface area contributed by atoms with Crippen LogP contribution in [0.25, 0.3) is 0 Å². The molecule has 0 unspecified atom stereocenters. The highest BCUT2D eigenvalue weighted by atomic mass is 32.1. The molecule has 1 aromatic heterocycles. The Morgan fingerprint density at radius 1 is 1.07 bits per heavy atom. The van der Waals surface area contributed by atoms with Gasteiger partial charge in [0.2, 0.25) is 0 Å². The number of thiocarbonyl (C=S) groups is 1. The van der Waals surface area contributed by atoms with Crippen molar-refractivity contribution in [3.8, 4) is 0 Å². The molecule has 0 spiro atoms. The topological polar surface area (TPSA) is 54.2 Å². The maximum absolute atomic E-state index is 5.31. The Hall–Kier alpha value is -2.99. The van der Waals surface area contributed by atoms with Crippen LogP contribution in [0.2, 0.25) is 0 Å². The second-order valence-electron chi connectivity index (χ2n) is 6.37. The van der Waals surface area contributed by atoms with Crippen molar-refractivity contribution in [3.05, 3.63) is 82.7 Å². The maximum Gasteiger partial charge on any atom is 0.191 e. The zero-order valence-electron chi connectivity index (χ0n) is 15.7. The number of aromatic nitrogens is 2. The number of nitrogens with one attached hydrogen (secondary N) is 2. The number of hydrogen-bond donors (Lipinski definition) is 2. The van der Waals surface area contributed by atoms with Crippen molar-refractivity contribution in [2.45, 2.75) is 27.3 Å². The second-order valence-corrected chi connectivity index (χ2v) is 6.78. The van der Waals surface area contributed by atoms with Crippen LogP contribution in [-0.2, 0) is 6.54 Å². The quantitative estimate of drug-likeness (QED) is 0.398. The van der Waals surface area contributed by atoms with E-state index in [1.54, 1.807) is 6.21 Å². The molecule has 138 valence electrons. The maximum atomic E-state index is 5.31. The molecule has 5 nitrogen and oxygen atoms in total. The van der Waals surface area contributed by atoms with Crippen molar-refractivity contribution in [1.82, 2.24) is 15.2 Å². The van der Waals surface area contributed by atoms with E-state index in [0.717, 1.165) is 34.7 Å². The fraction of sp³-hybridized carbons (Fsp3) is 0.190. The number of para-hydroxylation sites is 1. The predicted octanol–water partition coefficient (Wildman–Crippen LogP) is 4.18. The van der Waals surface area contributed by atoms with E-state index in [4.69, 9.17) is 12.2 Å². The third-order valence-electron chi connectivity index (χ3n) is 4.37.